The minimum Gasteiger partial charge on any atom is -0.306 e. The molecule has 90 valence electrons. The summed E-state index contributed by atoms with van der Waals surface area (Å²) in [5.41, 5.74) is 1.20. The smallest absolute Gasteiger partial charge is 0.107 e. The Morgan fingerprint density at radius 1 is 1.41 bits per heavy atom. The summed E-state index contributed by atoms with van der Waals surface area (Å²) in [5.74, 6) is 0. The second-order valence-corrected chi connectivity index (χ2v) is 6.30. The molecule has 17 heavy (non-hydrogen) atoms. The van der Waals surface area contributed by atoms with E-state index in [1.165, 1.54) is 10.4 Å². The van der Waals surface area contributed by atoms with Crippen LogP contribution < -0.4 is 5.32 Å². The highest BCUT2D eigenvalue weighted by Gasteiger charge is 2.01. The van der Waals surface area contributed by atoms with Crippen molar-refractivity contribution in [1.29, 1.82) is 0 Å². The van der Waals surface area contributed by atoms with E-state index in [0.717, 1.165) is 27.6 Å². The number of nitrogens with zero attached hydrogens (tertiary/aromatic N) is 1. The van der Waals surface area contributed by atoms with Gasteiger partial charge in [-0.25, -0.2) is 4.98 Å². The Hall–Kier alpha value is -0.420. The van der Waals surface area contributed by atoms with E-state index in [1.54, 1.807) is 11.3 Å². The molecule has 0 radical (unpaired) electrons. The highest BCUT2D eigenvalue weighted by molar-refractivity contribution is 9.10. The zero-order chi connectivity index (χ0) is 12.3. The second-order valence-electron chi connectivity index (χ2n) is 3.72. The molecule has 5 heteroatoms. The number of aryl methyl sites for hydroxylation is 1. The van der Waals surface area contributed by atoms with Crippen LogP contribution in [0.15, 0.2) is 28.9 Å². The van der Waals surface area contributed by atoms with Crippen LogP contribution in [-0.4, -0.2) is 4.98 Å². The maximum Gasteiger partial charge on any atom is 0.107 e. The van der Waals surface area contributed by atoms with E-state index in [0.29, 0.717) is 0 Å². The predicted octanol–water partition coefficient (Wildman–Crippen LogP) is 4.16. The van der Waals surface area contributed by atoms with E-state index in [-0.39, 0.29) is 0 Å². The largest absolute Gasteiger partial charge is 0.306 e. The molecule has 2 rings (SSSR count). The molecule has 0 spiro atoms. The standard InChI is InChI=1S/C12H12BrClN2S/c1-8-5-16-12(17-8)7-15-6-9-2-3-11(14)10(13)4-9/h2-5,15H,6-7H2,1H3. The number of aromatic nitrogens is 1. The highest BCUT2D eigenvalue weighted by Crippen LogP contribution is 2.23. The first-order valence-electron chi connectivity index (χ1n) is 5.21. The third-order valence-corrected chi connectivity index (χ3v) is 4.39. The SMILES string of the molecule is Cc1cnc(CNCc2ccc(Cl)c(Br)c2)s1. The number of benzene rings is 1. The van der Waals surface area contributed by atoms with Gasteiger partial charge in [0.05, 0.1) is 5.02 Å². The average Bonchev–Trinajstić information content (AvgIpc) is 2.70. The lowest BCUT2D eigenvalue weighted by molar-refractivity contribution is 0.690. The molecule has 0 aliphatic heterocycles. The average molecular weight is 332 g/mol. The normalized spacial score (nSPS) is 10.8. The van der Waals surface area contributed by atoms with Gasteiger partial charge in [0, 0.05) is 28.6 Å². The summed E-state index contributed by atoms with van der Waals surface area (Å²) in [6.07, 6.45) is 1.90. The fourth-order valence-electron chi connectivity index (χ4n) is 1.45. The van der Waals surface area contributed by atoms with E-state index < -0.39 is 0 Å². The maximum absolute atomic E-state index is 5.94. The molecule has 1 aromatic heterocycles. The Balaban J connectivity index is 1.87. The molecular weight excluding hydrogens is 320 g/mol. The van der Waals surface area contributed by atoms with Crippen LogP contribution in [0.1, 0.15) is 15.4 Å². The van der Waals surface area contributed by atoms with Crippen molar-refractivity contribution in [2.75, 3.05) is 0 Å². The van der Waals surface area contributed by atoms with Gasteiger partial charge in [0.2, 0.25) is 0 Å². The lowest BCUT2D eigenvalue weighted by Gasteiger charge is -2.04. The summed E-state index contributed by atoms with van der Waals surface area (Å²) in [4.78, 5) is 5.55. The Morgan fingerprint density at radius 3 is 2.88 bits per heavy atom. The molecule has 0 unspecified atom stereocenters. The first kappa shape index (κ1) is 13.0. The van der Waals surface area contributed by atoms with Crippen LogP contribution in [0.5, 0.6) is 0 Å². The van der Waals surface area contributed by atoms with Crippen LogP contribution in [0.25, 0.3) is 0 Å². The van der Waals surface area contributed by atoms with Crippen molar-refractivity contribution < 1.29 is 0 Å². The van der Waals surface area contributed by atoms with Gasteiger partial charge in [-0.05, 0) is 40.5 Å². The molecule has 0 saturated carbocycles. The summed E-state index contributed by atoms with van der Waals surface area (Å²) in [6, 6.07) is 5.95. The summed E-state index contributed by atoms with van der Waals surface area (Å²) in [6.45, 7) is 3.69. The zero-order valence-electron chi connectivity index (χ0n) is 9.34. The van der Waals surface area contributed by atoms with Crippen LogP contribution in [-0.2, 0) is 13.1 Å². The van der Waals surface area contributed by atoms with Crippen molar-refractivity contribution >= 4 is 38.9 Å². The minimum atomic E-state index is 0.740. The molecule has 0 atom stereocenters. The summed E-state index contributed by atoms with van der Waals surface area (Å²) < 4.78 is 0.934. The number of hydrogen-bond acceptors (Lipinski definition) is 3. The number of hydrogen-bond donors (Lipinski definition) is 1. The summed E-state index contributed by atoms with van der Waals surface area (Å²) in [5, 5.41) is 5.22. The van der Waals surface area contributed by atoms with Gasteiger partial charge < -0.3 is 5.32 Å². The Bertz CT molecular complexity index is 513. The molecule has 1 N–H and O–H groups in total. The molecule has 0 aliphatic carbocycles. The zero-order valence-corrected chi connectivity index (χ0v) is 12.5. The summed E-state index contributed by atoms with van der Waals surface area (Å²) in [7, 11) is 0. The topological polar surface area (TPSA) is 24.9 Å². The van der Waals surface area contributed by atoms with E-state index in [1.807, 2.05) is 24.4 Å². The first-order valence-corrected chi connectivity index (χ1v) is 7.20. The fraction of sp³-hybridized carbons (Fsp3) is 0.250. The fourth-order valence-corrected chi connectivity index (χ4v) is 2.75. The van der Waals surface area contributed by atoms with Gasteiger partial charge in [-0.2, -0.15) is 0 Å². The van der Waals surface area contributed by atoms with E-state index in [4.69, 9.17) is 11.6 Å². The molecule has 2 aromatic rings. The van der Waals surface area contributed by atoms with Crippen molar-refractivity contribution in [2.24, 2.45) is 0 Å². The van der Waals surface area contributed by atoms with Crippen LogP contribution in [0, 0.1) is 6.92 Å². The van der Waals surface area contributed by atoms with Gasteiger partial charge in [-0.1, -0.05) is 17.7 Å². The molecule has 1 heterocycles. The maximum atomic E-state index is 5.94. The Morgan fingerprint density at radius 2 is 2.24 bits per heavy atom. The summed E-state index contributed by atoms with van der Waals surface area (Å²) >= 11 is 11.1. The van der Waals surface area contributed by atoms with Crippen LogP contribution in [0.4, 0.5) is 0 Å². The van der Waals surface area contributed by atoms with Gasteiger partial charge in [-0.3, -0.25) is 0 Å². The lowest BCUT2D eigenvalue weighted by atomic mass is 10.2. The van der Waals surface area contributed by atoms with Gasteiger partial charge in [-0.15, -0.1) is 11.3 Å². The molecule has 1 aromatic carbocycles. The van der Waals surface area contributed by atoms with Crippen LogP contribution >= 0.6 is 38.9 Å². The van der Waals surface area contributed by atoms with E-state index in [2.05, 4.69) is 33.2 Å². The van der Waals surface area contributed by atoms with E-state index in [9.17, 15) is 0 Å². The molecule has 0 amide bonds. The molecular formula is C12H12BrClN2S. The minimum absolute atomic E-state index is 0.740. The molecule has 0 bridgehead atoms. The van der Waals surface area contributed by atoms with Crippen molar-refractivity contribution in [1.82, 2.24) is 10.3 Å². The molecule has 0 fully saturated rings. The highest BCUT2D eigenvalue weighted by atomic mass is 79.9. The van der Waals surface area contributed by atoms with E-state index >= 15 is 0 Å². The molecule has 0 aliphatic rings. The van der Waals surface area contributed by atoms with Gasteiger partial charge in [0.1, 0.15) is 5.01 Å². The third-order valence-electron chi connectivity index (χ3n) is 2.26. The number of thiazole rings is 1. The predicted molar refractivity (Wildman–Crippen MR) is 76.5 cm³/mol. The van der Waals surface area contributed by atoms with Crippen LogP contribution in [0.2, 0.25) is 5.02 Å². The molecule has 2 nitrogen and oxygen atoms in total. The van der Waals surface area contributed by atoms with Crippen molar-refractivity contribution in [3.8, 4) is 0 Å². The molecule has 0 saturated heterocycles. The number of halogens is 2. The van der Waals surface area contributed by atoms with Crippen molar-refractivity contribution in [3.63, 3.8) is 0 Å². The van der Waals surface area contributed by atoms with Gasteiger partial charge >= 0.3 is 0 Å². The second kappa shape index (κ2) is 5.96. The van der Waals surface area contributed by atoms with Gasteiger partial charge in [0.15, 0.2) is 0 Å². The first-order chi connectivity index (χ1) is 8.15. The Labute approximate surface area is 118 Å². The lowest BCUT2D eigenvalue weighted by Crippen LogP contribution is -2.12. The number of nitrogens with one attached hydrogen (secondary N) is 1. The monoisotopic (exact) mass is 330 g/mol. The van der Waals surface area contributed by atoms with Crippen molar-refractivity contribution in [3.05, 3.63) is 49.3 Å². The number of rotatable bonds is 4. The van der Waals surface area contributed by atoms with Crippen LogP contribution in [0.3, 0.4) is 0 Å². The quantitative estimate of drug-likeness (QED) is 0.910. The third kappa shape index (κ3) is 3.78. The van der Waals surface area contributed by atoms with Crippen molar-refractivity contribution in [2.45, 2.75) is 20.0 Å². The van der Waals surface area contributed by atoms with Gasteiger partial charge in [0.25, 0.3) is 0 Å². The Kier molecular flexibility index (Phi) is 4.56.